The molecule has 236 valence electrons. The Labute approximate surface area is 272 Å². The molecule has 1 saturated heterocycles. The smallest absolute Gasteiger partial charge is 0.338 e. The second kappa shape index (κ2) is 15.3. The summed E-state index contributed by atoms with van der Waals surface area (Å²) in [4.78, 5) is 32.0. The SMILES string of the molecule is COc1cc2c(Oc3ccc(N(S)C(=O)NC(=O)Cc4ccccc4C)cc3Cl)ccnc2cc1OCCCN1CCOCC1. The molecule has 1 N–H and O–H groups in total. The van der Waals surface area contributed by atoms with Gasteiger partial charge < -0.3 is 18.9 Å². The summed E-state index contributed by atoms with van der Waals surface area (Å²) in [6.45, 7) is 6.82. The van der Waals surface area contributed by atoms with Crippen molar-refractivity contribution in [2.45, 2.75) is 19.8 Å². The summed E-state index contributed by atoms with van der Waals surface area (Å²) in [6.07, 6.45) is 2.59. The maximum Gasteiger partial charge on any atom is 0.338 e. The molecule has 0 bridgehead atoms. The van der Waals surface area contributed by atoms with Crippen molar-refractivity contribution in [3.8, 4) is 23.0 Å². The van der Waals surface area contributed by atoms with E-state index in [1.165, 1.54) is 6.07 Å². The van der Waals surface area contributed by atoms with Gasteiger partial charge in [-0.15, -0.1) is 0 Å². The molecule has 3 amide bonds. The maximum atomic E-state index is 12.7. The molecule has 12 heteroatoms. The molecule has 1 aliphatic rings. The summed E-state index contributed by atoms with van der Waals surface area (Å²) >= 11 is 10.8. The molecule has 1 aliphatic heterocycles. The predicted molar refractivity (Wildman–Crippen MR) is 177 cm³/mol. The summed E-state index contributed by atoms with van der Waals surface area (Å²) < 4.78 is 24.3. The number of carbonyl (C=O) groups excluding carboxylic acids is 2. The first-order valence-corrected chi connectivity index (χ1v) is 15.3. The van der Waals surface area contributed by atoms with E-state index in [9.17, 15) is 9.59 Å². The van der Waals surface area contributed by atoms with Gasteiger partial charge in [0.1, 0.15) is 11.5 Å². The number of aryl methyl sites for hydroxylation is 1. The van der Waals surface area contributed by atoms with Crippen molar-refractivity contribution in [3.05, 3.63) is 83.0 Å². The fourth-order valence-electron chi connectivity index (χ4n) is 4.92. The summed E-state index contributed by atoms with van der Waals surface area (Å²) in [6, 6.07) is 17.0. The Kier molecular flexibility index (Phi) is 11.0. The number of thiol groups is 1. The van der Waals surface area contributed by atoms with E-state index in [0.717, 1.165) is 54.7 Å². The monoisotopic (exact) mass is 650 g/mol. The van der Waals surface area contributed by atoms with Gasteiger partial charge in [0.2, 0.25) is 5.91 Å². The van der Waals surface area contributed by atoms with Crippen LogP contribution in [0, 0.1) is 6.92 Å². The third kappa shape index (κ3) is 8.37. The number of imide groups is 1. The molecule has 1 fully saturated rings. The zero-order valence-electron chi connectivity index (χ0n) is 25.1. The average molecular weight is 651 g/mol. The molecule has 0 aliphatic carbocycles. The van der Waals surface area contributed by atoms with Gasteiger partial charge in [0, 0.05) is 37.3 Å². The maximum absolute atomic E-state index is 12.7. The Hall–Kier alpha value is -4.03. The van der Waals surface area contributed by atoms with Gasteiger partial charge in [-0.1, -0.05) is 48.7 Å². The summed E-state index contributed by atoms with van der Waals surface area (Å²) in [5.74, 6) is 1.58. The van der Waals surface area contributed by atoms with Crippen molar-refractivity contribution >= 4 is 52.9 Å². The quantitative estimate of drug-likeness (QED) is 0.146. The van der Waals surface area contributed by atoms with E-state index in [1.807, 2.05) is 43.3 Å². The highest BCUT2D eigenvalue weighted by Crippen LogP contribution is 2.39. The topological polar surface area (TPSA) is 102 Å². The molecule has 0 unspecified atom stereocenters. The summed E-state index contributed by atoms with van der Waals surface area (Å²) in [5.41, 5.74) is 2.82. The van der Waals surface area contributed by atoms with Crippen LogP contribution in [0.3, 0.4) is 0 Å². The highest BCUT2D eigenvalue weighted by atomic mass is 35.5. The van der Waals surface area contributed by atoms with E-state index in [-0.39, 0.29) is 11.4 Å². The number of methoxy groups -OCH3 is 1. The van der Waals surface area contributed by atoms with Gasteiger partial charge in [-0.3, -0.25) is 20.0 Å². The molecule has 0 saturated carbocycles. The third-order valence-corrected chi connectivity index (χ3v) is 8.11. The zero-order chi connectivity index (χ0) is 31.8. The lowest BCUT2D eigenvalue weighted by Gasteiger charge is -2.26. The number of nitrogens with one attached hydrogen (secondary N) is 1. The standard InChI is InChI=1S/C33H35ClN4O6S/c1-22-6-3-4-7-23(22)18-32(39)36-33(40)38(45)24-8-9-29(26(34)19-24)44-28-10-11-35-27-21-31(30(41-2)20-25(27)28)43-15-5-12-37-13-16-42-17-14-37/h3-4,6-11,19-21,45H,5,12-18H2,1-2H3,(H,36,39,40). The van der Waals surface area contributed by atoms with Crippen molar-refractivity contribution in [2.24, 2.45) is 0 Å². The van der Waals surface area contributed by atoms with Gasteiger partial charge in [-0.2, -0.15) is 0 Å². The third-order valence-electron chi connectivity index (χ3n) is 7.40. The second-order valence-electron chi connectivity index (χ2n) is 10.5. The first-order chi connectivity index (χ1) is 21.8. The van der Waals surface area contributed by atoms with Gasteiger partial charge >= 0.3 is 6.03 Å². The molecule has 45 heavy (non-hydrogen) atoms. The lowest BCUT2D eigenvalue weighted by molar-refractivity contribution is -0.119. The van der Waals surface area contributed by atoms with E-state index >= 15 is 0 Å². The zero-order valence-corrected chi connectivity index (χ0v) is 26.8. The fraction of sp³-hybridized carbons (Fsp3) is 0.303. The molecular weight excluding hydrogens is 616 g/mol. The molecule has 2 heterocycles. The number of nitrogens with zero attached hydrogens (tertiary/aromatic N) is 3. The lowest BCUT2D eigenvalue weighted by Crippen LogP contribution is -2.39. The number of fused-ring (bicyclic) bond motifs is 1. The molecule has 3 aromatic carbocycles. The Balaban J connectivity index is 1.23. The minimum atomic E-state index is -0.701. The van der Waals surface area contributed by atoms with Crippen LogP contribution in [0.1, 0.15) is 17.5 Å². The number of benzene rings is 3. The van der Waals surface area contributed by atoms with Crippen LogP contribution < -0.4 is 23.8 Å². The van der Waals surface area contributed by atoms with E-state index < -0.39 is 11.9 Å². The number of aromatic nitrogens is 1. The highest BCUT2D eigenvalue weighted by Gasteiger charge is 2.19. The number of ether oxygens (including phenoxy) is 4. The van der Waals surface area contributed by atoms with Crippen LogP contribution in [0.25, 0.3) is 10.9 Å². The van der Waals surface area contributed by atoms with Gasteiger partial charge in [0.25, 0.3) is 0 Å². The average Bonchev–Trinajstić information content (AvgIpc) is 3.05. The number of rotatable bonds is 11. The van der Waals surface area contributed by atoms with E-state index in [0.29, 0.717) is 46.2 Å². The molecule has 0 spiro atoms. The van der Waals surface area contributed by atoms with Crippen LogP contribution in [0.2, 0.25) is 5.02 Å². The number of anilines is 1. The second-order valence-corrected chi connectivity index (χ2v) is 11.3. The number of urea groups is 1. The van der Waals surface area contributed by atoms with Crippen molar-refractivity contribution < 1.29 is 28.5 Å². The van der Waals surface area contributed by atoms with Gasteiger partial charge in [-0.25, -0.2) is 9.10 Å². The van der Waals surface area contributed by atoms with E-state index in [2.05, 4.69) is 28.0 Å². The molecule has 0 radical (unpaired) electrons. The van der Waals surface area contributed by atoms with Gasteiger partial charge in [-0.05, 0) is 54.8 Å². The van der Waals surface area contributed by atoms with Crippen molar-refractivity contribution in [1.29, 1.82) is 0 Å². The minimum absolute atomic E-state index is 0.0702. The van der Waals surface area contributed by atoms with Crippen molar-refractivity contribution in [3.63, 3.8) is 0 Å². The van der Waals surface area contributed by atoms with Crippen LogP contribution in [0.4, 0.5) is 10.5 Å². The van der Waals surface area contributed by atoms with E-state index in [4.69, 9.17) is 30.5 Å². The molecule has 10 nitrogen and oxygen atoms in total. The molecular formula is C33H35ClN4O6S. The van der Waals surface area contributed by atoms with Crippen LogP contribution in [0.5, 0.6) is 23.0 Å². The number of carbonyl (C=O) groups is 2. The molecule has 5 rings (SSSR count). The number of morpholine rings is 1. The van der Waals surface area contributed by atoms with Crippen LogP contribution in [-0.2, 0) is 16.0 Å². The Morgan fingerprint density at radius 3 is 2.60 bits per heavy atom. The Morgan fingerprint density at radius 1 is 1.04 bits per heavy atom. The normalized spacial score (nSPS) is 13.3. The summed E-state index contributed by atoms with van der Waals surface area (Å²) in [7, 11) is 1.59. The summed E-state index contributed by atoms with van der Waals surface area (Å²) in [5, 5.41) is 3.30. The number of hydrogen-bond donors (Lipinski definition) is 2. The molecule has 4 aromatic rings. The predicted octanol–water partition coefficient (Wildman–Crippen LogP) is 6.23. The van der Waals surface area contributed by atoms with Gasteiger partial charge in [0.05, 0.1) is 49.6 Å². The number of halogens is 1. The van der Waals surface area contributed by atoms with Crippen molar-refractivity contribution in [1.82, 2.24) is 15.2 Å². The number of pyridine rings is 1. The molecule has 1 aromatic heterocycles. The van der Waals surface area contributed by atoms with Gasteiger partial charge in [0.15, 0.2) is 11.5 Å². The van der Waals surface area contributed by atoms with Crippen LogP contribution in [0.15, 0.2) is 66.9 Å². The van der Waals surface area contributed by atoms with Crippen LogP contribution >= 0.6 is 24.4 Å². The lowest BCUT2D eigenvalue weighted by atomic mass is 10.1. The Bertz CT molecular complexity index is 1670. The first kappa shape index (κ1) is 32.4. The largest absolute Gasteiger partial charge is 0.493 e. The number of amides is 3. The fourth-order valence-corrected chi connectivity index (χ4v) is 5.31. The van der Waals surface area contributed by atoms with Crippen molar-refractivity contribution in [2.75, 3.05) is 50.9 Å². The van der Waals surface area contributed by atoms with Crippen LogP contribution in [-0.4, -0.2) is 68.4 Å². The highest BCUT2D eigenvalue weighted by molar-refractivity contribution is 7.82. The molecule has 0 atom stereocenters. The minimum Gasteiger partial charge on any atom is -0.493 e. The first-order valence-electron chi connectivity index (χ1n) is 14.6. The van der Waals surface area contributed by atoms with E-state index in [1.54, 1.807) is 31.5 Å². The Morgan fingerprint density at radius 2 is 1.84 bits per heavy atom. The number of hydrogen-bond acceptors (Lipinski definition) is 9.